The molecule has 0 saturated carbocycles. The number of carbonyl (C=O) groups is 2. The van der Waals surface area contributed by atoms with Crippen molar-refractivity contribution in [2.24, 2.45) is 0 Å². The molecule has 0 aromatic heterocycles. The lowest BCUT2D eigenvalue weighted by Crippen LogP contribution is -2.44. The average Bonchev–Trinajstić information content (AvgIpc) is 3.14. The molecule has 2 aliphatic rings. The Balaban J connectivity index is 1.42. The molecule has 136 valence electrons. The first-order valence-corrected chi connectivity index (χ1v) is 10.1. The Kier molecular flexibility index (Phi) is 6.37. The van der Waals surface area contributed by atoms with E-state index >= 15 is 0 Å². The third-order valence-electron chi connectivity index (χ3n) is 4.92. The summed E-state index contributed by atoms with van der Waals surface area (Å²) in [6.07, 6.45) is 2.82. The van der Waals surface area contributed by atoms with Crippen LogP contribution in [0.25, 0.3) is 0 Å². The SMILES string of the molecule is O=C(C[C@@H](O)C(=O)N1CCc2ccccc2C1)NCCC1CCCS1. The number of amides is 2. The summed E-state index contributed by atoms with van der Waals surface area (Å²) in [6.45, 7) is 1.72. The highest BCUT2D eigenvalue weighted by atomic mass is 32.2. The van der Waals surface area contributed by atoms with Crippen molar-refractivity contribution in [1.29, 1.82) is 0 Å². The molecule has 3 rings (SSSR count). The molecular formula is C19H26N2O3S. The van der Waals surface area contributed by atoms with Gasteiger partial charge in [-0.05, 0) is 42.6 Å². The molecule has 1 aromatic rings. The van der Waals surface area contributed by atoms with Gasteiger partial charge in [0.1, 0.15) is 6.10 Å². The van der Waals surface area contributed by atoms with Crippen molar-refractivity contribution in [3.63, 3.8) is 0 Å². The fourth-order valence-electron chi connectivity index (χ4n) is 3.47. The van der Waals surface area contributed by atoms with Gasteiger partial charge >= 0.3 is 0 Å². The molecule has 2 aliphatic heterocycles. The lowest BCUT2D eigenvalue weighted by Gasteiger charge is -2.30. The molecule has 2 heterocycles. The van der Waals surface area contributed by atoms with Crippen molar-refractivity contribution in [3.8, 4) is 0 Å². The summed E-state index contributed by atoms with van der Waals surface area (Å²) in [5, 5.41) is 13.6. The summed E-state index contributed by atoms with van der Waals surface area (Å²) >= 11 is 1.96. The summed E-state index contributed by atoms with van der Waals surface area (Å²) in [5.41, 5.74) is 2.37. The Morgan fingerprint density at radius 3 is 2.88 bits per heavy atom. The van der Waals surface area contributed by atoms with Crippen molar-refractivity contribution in [1.82, 2.24) is 10.2 Å². The van der Waals surface area contributed by atoms with E-state index in [0.29, 0.717) is 24.9 Å². The number of fused-ring (bicyclic) bond motifs is 1. The minimum atomic E-state index is -1.26. The first-order chi connectivity index (χ1) is 12.1. The van der Waals surface area contributed by atoms with Gasteiger partial charge in [-0.2, -0.15) is 11.8 Å². The number of benzene rings is 1. The topological polar surface area (TPSA) is 69.6 Å². The minimum absolute atomic E-state index is 0.158. The van der Waals surface area contributed by atoms with Crippen LogP contribution in [-0.2, 0) is 22.6 Å². The van der Waals surface area contributed by atoms with Crippen LogP contribution >= 0.6 is 11.8 Å². The summed E-state index contributed by atoms with van der Waals surface area (Å²) in [4.78, 5) is 26.0. The van der Waals surface area contributed by atoms with E-state index in [9.17, 15) is 14.7 Å². The van der Waals surface area contributed by atoms with Crippen molar-refractivity contribution in [3.05, 3.63) is 35.4 Å². The molecule has 2 atom stereocenters. The molecule has 1 fully saturated rings. The second-order valence-electron chi connectivity index (χ2n) is 6.77. The van der Waals surface area contributed by atoms with E-state index in [0.717, 1.165) is 18.4 Å². The molecule has 0 radical (unpaired) electrons. The first kappa shape index (κ1) is 18.3. The van der Waals surface area contributed by atoms with Crippen LogP contribution in [0.2, 0.25) is 0 Å². The third kappa shape index (κ3) is 4.98. The van der Waals surface area contributed by atoms with E-state index in [-0.39, 0.29) is 18.2 Å². The van der Waals surface area contributed by atoms with E-state index in [1.807, 2.05) is 30.0 Å². The van der Waals surface area contributed by atoms with E-state index in [2.05, 4.69) is 11.4 Å². The van der Waals surface area contributed by atoms with Crippen LogP contribution in [0.15, 0.2) is 24.3 Å². The summed E-state index contributed by atoms with van der Waals surface area (Å²) in [7, 11) is 0. The molecule has 1 unspecified atom stereocenters. The molecule has 6 heteroatoms. The number of thioether (sulfide) groups is 1. The quantitative estimate of drug-likeness (QED) is 0.809. The zero-order valence-corrected chi connectivity index (χ0v) is 15.3. The second-order valence-corrected chi connectivity index (χ2v) is 8.18. The van der Waals surface area contributed by atoms with Gasteiger partial charge in [0.15, 0.2) is 0 Å². The van der Waals surface area contributed by atoms with Crippen molar-refractivity contribution < 1.29 is 14.7 Å². The molecule has 0 spiro atoms. The molecule has 5 nitrogen and oxygen atoms in total. The predicted molar refractivity (Wildman–Crippen MR) is 99.3 cm³/mol. The summed E-state index contributed by atoms with van der Waals surface area (Å²) in [5.74, 6) is 0.613. The smallest absolute Gasteiger partial charge is 0.252 e. The van der Waals surface area contributed by atoms with Gasteiger partial charge in [0.25, 0.3) is 5.91 Å². The number of hydrogen-bond donors (Lipinski definition) is 2. The maximum atomic E-state index is 12.4. The van der Waals surface area contributed by atoms with Crippen LogP contribution in [0.3, 0.4) is 0 Å². The van der Waals surface area contributed by atoms with Gasteiger partial charge in [-0.25, -0.2) is 0 Å². The molecule has 0 bridgehead atoms. The predicted octanol–water partition coefficient (Wildman–Crippen LogP) is 1.72. The number of hydrogen-bond acceptors (Lipinski definition) is 4. The number of aliphatic hydroxyl groups is 1. The van der Waals surface area contributed by atoms with E-state index in [1.165, 1.54) is 24.2 Å². The molecule has 25 heavy (non-hydrogen) atoms. The van der Waals surface area contributed by atoms with Gasteiger partial charge < -0.3 is 15.3 Å². The summed E-state index contributed by atoms with van der Waals surface area (Å²) in [6, 6.07) is 8.04. The van der Waals surface area contributed by atoms with Gasteiger partial charge in [0, 0.05) is 24.9 Å². The van der Waals surface area contributed by atoms with Crippen LogP contribution in [0.4, 0.5) is 0 Å². The molecule has 1 saturated heterocycles. The fourth-order valence-corrected chi connectivity index (χ4v) is 4.76. The average molecular weight is 362 g/mol. The number of carbonyl (C=O) groups excluding carboxylic acids is 2. The normalized spacial score (nSPS) is 20.8. The standard InChI is InChI=1S/C19H26N2O3S/c22-17(12-18(23)20-9-7-16-6-3-11-25-16)19(24)21-10-8-14-4-1-2-5-15(14)13-21/h1-2,4-5,16-17,22H,3,6-13H2,(H,20,23)/t16?,17-/m1/s1. The molecular weight excluding hydrogens is 336 g/mol. The van der Waals surface area contributed by atoms with Crippen LogP contribution < -0.4 is 5.32 Å². The van der Waals surface area contributed by atoms with Gasteiger partial charge in [-0.1, -0.05) is 24.3 Å². The van der Waals surface area contributed by atoms with Crippen molar-refractivity contribution in [2.75, 3.05) is 18.8 Å². The van der Waals surface area contributed by atoms with E-state index < -0.39 is 6.10 Å². The molecule has 2 amide bonds. The molecule has 0 aliphatic carbocycles. The first-order valence-electron chi connectivity index (χ1n) is 9.05. The second kappa shape index (κ2) is 8.72. The van der Waals surface area contributed by atoms with E-state index in [4.69, 9.17) is 0 Å². The Bertz CT molecular complexity index is 616. The van der Waals surface area contributed by atoms with Gasteiger partial charge in [-0.3, -0.25) is 9.59 Å². The number of nitrogens with one attached hydrogen (secondary N) is 1. The van der Waals surface area contributed by atoms with E-state index in [1.54, 1.807) is 4.90 Å². The number of aliphatic hydroxyl groups excluding tert-OH is 1. The Morgan fingerprint density at radius 1 is 1.32 bits per heavy atom. The lowest BCUT2D eigenvalue weighted by atomic mass is 9.99. The van der Waals surface area contributed by atoms with Crippen LogP contribution in [0, 0.1) is 0 Å². The van der Waals surface area contributed by atoms with Gasteiger partial charge in [0.2, 0.25) is 5.91 Å². The summed E-state index contributed by atoms with van der Waals surface area (Å²) < 4.78 is 0. The largest absolute Gasteiger partial charge is 0.383 e. The zero-order chi connectivity index (χ0) is 17.6. The highest BCUT2D eigenvalue weighted by Crippen LogP contribution is 2.28. The number of rotatable bonds is 6. The third-order valence-corrected chi connectivity index (χ3v) is 6.39. The van der Waals surface area contributed by atoms with Crippen LogP contribution in [0.5, 0.6) is 0 Å². The van der Waals surface area contributed by atoms with Crippen LogP contribution in [0.1, 0.15) is 36.8 Å². The monoisotopic (exact) mass is 362 g/mol. The highest BCUT2D eigenvalue weighted by Gasteiger charge is 2.27. The van der Waals surface area contributed by atoms with Crippen LogP contribution in [-0.4, -0.2) is 52.0 Å². The maximum Gasteiger partial charge on any atom is 0.252 e. The van der Waals surface area contributed by atoms with Crippen molar-refractivity contribution >= 4 is 23.6 Å². The fraction of sp³-hybridized carbons (Fsp3) is 0.579. The minimum Gasteiger partial charge on any atom is -0.383 e. The Morgan fingerprint density at radius 2 is 2.12 bits per heavy atom. The lowest BCUT2D eigenvalue weighted by molar-refractivity contribution is -0.144. The molecule has 2 N–H and O–H groups in total. The van der Waals surface area contributed by atoms with Crippen molar-refractivity contribution in [2.45, 2.75) is 50.0 Å². The number of nitrogens with zero attached hydrogens (tertiary/aromatic N) is 1. The Hall–Kier alpha value is -1.53. The van der Waals surface area contributed by atoms with Gasteiger partial charge in [0.05, 0.1) is 6.42 Å². The highest BCUT2D eigenvalue weighted by molar-refractivity contribution is 8.00. The maximum absolute atomic E-state index is 12.4. The van der Waals surface area contributed by atoms with Gasteiger partial charge in [-0.15, -0.1) is 0 Å². The molecule has 1 aromatic carbocycles. The zero-order valence-electron chi connectivity index (χ0n) is 14.4. The Labute approximate surface area is 153 Å².